The number of nitrogens with one attached hydrogen (secondary N) is 3. The Morgan fingerprint density at radius 3 is 2.81 bits per heavy atom. The van der Waals surface area contributed by atoms with Gasteiger partial charge < -0.3 is 14.7 Å². The van der Waals surface area contributed by atoms with Crippen LogP contribution in [0, 0.1) is 0 Å². The molecule has 13 heteroatoms. The smallest absolute Gasteiger partial charge is 0.273 e. The quantitative estimate of drug-likeness (QED) is 0.457. The highest BCUT2D eigenvalue weighted by Crippen LogP contribution is 2.27. The largest absolute Gasteiger partial charge is 0.458 e. The maximum atomic E-state index is 12.7. The fourth-order valence-corrected chi connectivity index (χ4v) is 6.29. The molecule has 0 unspecified atom stereocenters. The highest BCUT2D eigenvalue weighted by molar-refractivity contribution is 7.99. The van der Waals surface area contributed by atoms with Crippen molar-refractivity contribution in [2.75, 3.05) is 29.9 Å². The van der Waals surface area contributed by atoms with Crippen LogP contribution in [0.5, 0.6) is 0 Å². The van der Waals surface area contributed by atoms with E-state index in [1.54, 1.807) is 29.3 Å². The highest BCUT2D eigenvalue weighted by atomic mass is 32.2. The van der Waals surface area contributed by atoms with Crippen molar-refractivity contribution < 1.29 is 22.4 Å². The molecule has 2 amide bonds. The summed E-state index contributed by atoms with van der Waals surface area (Å²) < 4.78 is 32.6. The van der Waals surface area contributed by atoms with E-state index in [4.69, 9.17) is 4.42 Å². The van der Waals surface area contributed by atoms with Crippen molar-refractivity contribution in [1.82, 2.24) is 19.6 Å². The van der Waals surface area contributed by atoms with Crippen molar-refractivity contribution >= 4 is 50.1 Å². The van der Waals surface area contributed by atoms with Crippen LogP contribution in [0.1, 0.15) is 23.2 Å². The second-order valence-corrected chi connectivity index (χ2v) is 11.0. The molecule has 1 saturated heterocycles. The Labute approximate surface area is 192 Å². The van der Waals surface area contributed by atoms with Gasteiger partial charge in [-0.05, 0) is 18.2 Å². The van der Waals surface area contributed by atoms with Gasteiger partial charge in [-0.1, -0.05) is 0 Å². The number of amides is 2. The number of nitrogens with zero attached hydrogens (tertiary/aromatic N) is 2. The number of anilines is 1. The predicted octanol–water partition coefficient (Wildman–Crippen LogP) is 2.36. The molecule has 0 saturated carbocycles. The third-order valence-electron chi connectivity index (χ3n) is 4.66. The van der Waals surface area contributed by atoms with Crippen molar-refractivity contribution in [3.63, 3.8) is 0 Å². The van der Waals surface area contributed by atoms with Gasteiger partial charge in [-0.2, -0.15) is 16.1 Å². The minimum Gasteiger partial charge on any atom is -0.458 e. The van der Waals surface area contributed by atoms with Crippen molar-refractivity contribution in [2.45, 2.75) is 18.4 Å². The van der Waals surface area contributed by atoms with Gasteiger partial charge in [0.25, 0.3) is 5.91 Å². The second-order valence-electron chi connectivity index (χ2n) is 6.93. The molecule has 170 valence electrons. The molecule has 3 N–H and O–H groups in total. The van der Waals surface area contributed by atoms with E-state index in [0.29, 0.717) is 35.4 Å². The van der Waals surface area contributed by atoms with E-state index in [1.807, 2.05) is 0 Å². The van der Waals surface area contributed by atoms with Gasteiger partial charge in [-0.3, -0.25) is 14.9 Å². The Morgan fingerprint density at radius 1 is 1.28 bits per heavy atom. The average molecular weight is 496 g/mol. The molecule has 1 aliphatic rings. The molecule has 1 fully saturated rings. The van der Waals surface area contributed by atoms with Crippen LogP contribution >= 0.6 is 23.1 Å². The van der Waals surface area contributed by atoms with E-state index in [2.05, 4.69) is 20.6 Å². The molecule has 1 aliphatic heterocycles. The molecule has 3 aromatic rings. The fourth-order valence-electron chi connectivity index (χ4n) is 3.02. The zero-order valence-electron chi connectivity index (χ0n) is 17.1. The first-order valence-electron chi connectivity index (χ1n) is 9.69. The number of furan rings is 1. The topological polar surface area (TPSA) is 137 Å². The van der Waals surface area contributed by atoms with Gasteiger partial charge in [0, 0.05) is 43.1 Å². The molecule has 4 heterocycles. The third-order valence-corrected chi connectivity index (χ3v) is 8.24. The Bertz CT molecular complexity index is 1220. The monoisotopic (exact) mass is 495 g/mol. The average Bonchev–Trinajstić information content (AvgIpc) is 3.53. The summed E-state index contributed by atoms with van der Waals surface area (Å²) in [6, 6.07) is 4.81. The number of hydrogen-bond donors (Lipinski definition) is 3. The van der Waals surface area contributed by atoms with Crippen molar-refractivity contribution in [1.29, 1.82) is 0 Å². The number of rotatable bonds is 7. The lowest BCUT2D eigenvalue weighted by Crippen LogP contribution is -2.37. The fraction of sp³-hybridized carbons (Fsp3) is 0.316. The number of sulfonamides is 1. The summed E-state index contributed by atoms with van der Waals surface area (Å²) >= 11 is 2.93. The Kier molecular flexibility index (Phi) is 6.69. The third kappa shape index (κ3) is 5.06. The summed E-state index contributed by atoms with van der Waals surface area (Å²) in [7, 11) is -3.63. The van der Waals surface area contributed by atoms with Gasteiger partial charge in [0.15, 0.2) is 10.9 Å². The van der Waals surface area contributed by atoms with Crippen LogP contribution in [0.2, 0.25) is 0 Å². The summed E-state index contributed by atoms with van der Waals surface area (Å²) in [5.74, 6) is 1.96. The number of carbonyl (C=O) groups excluding carboxylic acids is 2. The lowest BCUT2D eigenvalue weighted by atomic mass is 10.3. The van der Waals surface area contributed by atoms with Crippen LogP contribution in [0.25, 0.3) is 11.5 Å². The molecule has 32 heavy (non-hydrogen) atoms. The lowest BCUT2D eigenvalue weighted by Gasteiger charge is -2.24. The number of thioether (sulfide) groups is 1. The summed E-state index contributed by atoms with van der Waals surface area (Å²) in [5, 5.41) is 7.39. The van der Waals surface area contributed by atoms with Crippen molar-refractivity contribution in [3.05, 3.63) is 41.2 Å². The van der Waals surface area contributed by atoms with Gasteiger partial charge in [-0.15, -0.1) is 11.3 Å². The molecular formula is C19H21N5O5S3. The first kappa shape index (κ1) is 22.6. The van der Waals surface area contributed by atoms with Crippen LogP contribution in [-0.4, -0.2) is 59.1 Å². The molecular weight excluding hydrogens is 474 g/mol. The predicted molar refractivity (Wildman–Crippen MR) is 122 cm³/mol. The zero-order chi connectivity index (χ0) is 22.7. The lowest BCUT2D eigenvalue weighted by molar-refractivity contribution is -0.119. The van der Waals surface area contributed by atoms with E-state index in [9.17, 15) is 18.0 Å². The van der Waals surface area contributed by atoms with E-state index in [-0.39, 0.29) is 23.0 Å². The van der Waals surface area contributed by atoms with Gasteiger partial charge >= 0.3 is 0 Å². The summed E-state index contributed by atoms with van der Waals surface area (Å²) in [6.45, 7) is 2.62. The standard InChI is InChI=1S/C19H21N5O5S3/c1-12(25)20-9-13-2-3-17(29-13)16-11-31-19(22-16)23-18(26)15-8-14(10-21-15)32(27,28)24-4-6-30-7-5-24/h2-3,8,10-11,21H,4-7,9H2,1H3,(H,20,25)(H,22,23,26). The molecule has 0 spiro atoms. The number of carbonyl (C=O) groups is 2. The second kappa shape index (κ2) is 9.48. The molecule has 0 bridgehead atoms. The van der Waals surface area contributed by atoms with Crippen LogP contribution in [0.4, 0.5) is 5.13 Å². The van der Waals surface area contributed by atoms with Crippen LogP contribution in [0.3, 0.4) is 0 Å². The molecule has 3 aromatic heterocycles. The number of hydrogen-bond acceptors (Lipinski definition) is 8. The van der Waals surface area contributed by atoms with Gasteiger partial charge in [0.2, 0.25) is 15.9 Å². The Hall–Kier alpha value is -2.61. The minimum absolute atomic E-state index is 0.0664. The zero-order valence-corrected chi connectivity index (χ0v) is 19.5. The SMILES string of the molecule is CC(=O)NCc1ccc(-c2csc(NC(=O)c3cc(S(=O)(=O)N4CCSCC4)c[nH]3)n2)o1. The summed E-state index contributed by atoms with van der Waals surface area (Å²) in [5.41, 5.74) is 0.666. The normalized spacial score (nSPS) is 14.9. The van der Waals surface area contributed by atoms with E-state index >= 15 is 0 Å². The minimum atomic E-state index is -3.63. The van der Waals surface area contributed by atoms with Crippen molar-refractivity contribution in [3.8, 4) is 11.5 Å². The van der Waals surface area contributed by atoms with E-state index in [0.717, 1.165) is 11.5 Å². The molecule has 0 aromatic carbocycles. The summed E-state index contributed by atoms with van der Waals surface area (Å²) in [4.78, 5) is 30.7. The first-order valence-corrected chi connectivity index (χ1v) is 13.2. The van der Waals surface area contributed by atoms with Crippen molar-refractivity contribution in [2.24, 2.45) is 0 Å². The molecule has 0 radical (unpaired) electrons. The number of aromatic amines is 1. The van der Waals surface area contributed by atoms with Gasteiger partial charge in [0.05, 0.1) is 6.54 Å². The number of thiazole rings is 1. The molecule has 0 aliphatic carbocycles. The number of H-pyrrole nitrogens is 1. The number of aromatic nitrogens is 2. The van der Waals surface area contributed by atoms with Crippen LogP contribution < -0.4 is 10.6 Å². The van der Waals surface area contributed by atoms with Crippen LogP contribution in [0.15, 0.2) is 39.1 Å². The molecule has 10 nitrogen and oxygen atoms in total. The van der Waals surface area contributed by atoms with E-state index in [1.165, 1.54) is 34.8 Å². The van der Waals surface area contributed by atoms with E-state index < -0.39 is 15.9 Å². The van der Waals surface area contributed by atoms with Gasteiger partial charge in [-0.25, -0.2) is 13.4 Å². The molecule has 0 atom stereocenters. The maximum absolute atomic E-state index is 12.7. The van der Waals surface area contributed by atoms with Gasteiger partial charge in [0.1, 0.15) is 22.0 Å². The highest BCUT2D eigenvalue weighted by Gasteiger charge is 2.28. The molecule has 4 rings (SSSR count). The maximum Gasteiger partial charge on any atom is 0.273 e. The first-order chi connectivity index (χ1) is 15.3. The Balaban J connectivity index is 1.41. The summed E-state index contributed by atoms with van der Waals surface area (Å²) in [6.07, 6.45) is 1.33. The Morgan fingerprint density at radius 2 is 2.06 bits per heavy atom. The van der Waals surface area contributed by atoms with Crippen LogP contribution in [-0.2, 0) is 21.4 Å².